The largest absolute Gasteiger partial charge is 0.494 e. The molecule has 0 aliphatic heterocycles. The minimum absolute atomic E-state index is 0.0695. The fraction of sp³-hybridized carbons (Fsp3) is 0.211. The molecule has 2 aromatic carbocycles. The zero-order valence-electron chi connectivity index (χ0n) is 14.3. The number of sulfone groups is 1. The van der Waals surface area contributed by atoms with Crippen molar-refractivity contribution in [1.82, 2.24) is 4.57 Å². The molecule has 0 radical (unpaired) electrons. The Morgan fingerprint density at radius 1 is 1.08 bits per heavy atom. The monoisotopic (exact) mass is 357 g/mol. The first-order chi connectivity index (χ1) is 11.8. The van der Waals surface area contributed by atoms with Gasteiger partial charge in [0.15, 0.2) is 0 Å². The van der Waals surface area contributed by atoms with Crippen LogP contribution in [0.3, 0.4) is 0 Å². The second kappa shape index (κ2) is 6.37. The first-order valence-corrected chi connectivity index (χ1v) is 9.41. The summed E-state index contributed by atoms with van der Waals surface area (Å²) in [4.78, 5) is 12.6. The number of hydrogen-bond donors (Lipinski definition) is 0. The van der Waals surface area contributed by atoms with Crippen molar-refractivity contribution >= 4 is 20.7 Å². The van der Waals surface area contributed by atoms with E-state index in [2.05, 4.69) is 0 Å². The van der Waals surface area contributed by atoms with Crippen LogP contribution >= 0.6 is 0 Å². The summed E-state index contributed by atoms with van der Waals surface area (Å²) in [5.74, 6) is 0.587. The molecule has 3 aromatic rings. The zero-order chi connectivity index (χ0) is 18.2. The molecule has 0 fully saturated rings. The second-order valence-corrected chi connectivity index (χ2v) is 7.78. The molecule has 25 heavy (non-hydrogen) atoms. The first kappa shape index (κ1) is 17.2. The maximum absolute atomic E-state index is 13.0. The van der Waals surface area contributed by atoms with E-state index in [-0.39, 0.29) is 9.79 Å². The van der Waals surface area contributed by atoms with E-state index in [1.165, 1.54) is 18.3 Å². The molecule has 3 rings (SSSR count). The van der Waals surface area contributed by atoms with E-state index in [0.29, 0.717) is 23.3 Å². The predicted molar refractivity (Wildman–Crippen MR) is 97.0 cm³/mol. The van der Waals surface area contributed by atoms with Gasteiger partial charge in [0.05, 0.1) is 17.0 Å². The van der Waals surface area contributed by atoms with Gasteiger partial charge in [-0.15, -0.1) is 0 Å². The van der Waals surface area contributed by atoms with Crippen LogP contribution in [0.1, 0.15) is 12.5 Å². The Morgan fingerprint density at radius 2 is 1.76 bits per heavy atom. The van der Waals surface area contributed by atoms with Crippen molar-refractivity contribution in [3.8, 4) is 5.75 Å². The third-order valence-electron chi connectivity index (χ3n) is 4.05. The Kier molecular flexibility index (Phi) is 4.39. The van der Waals surface area contributed by atoms with Gasteiger partial charge in [-0.2, -0.15) is 0 Å². The lowest BCUT2D eigenvalue weighted by atomic mass is 10.1. The van der Waals surface area contributed by atoms with Crippen LogP contribution in [0.15, 0.2) is 63.2 Å². The number of hydrogen-bond acceptors (Lipinski definition) is 4. The molecular formula is C19H19NO4S. The lowest BCUT2D eigenvalue weighted by Crippen LogP contribution is -2.18. The zero-order valence-corrected chi connectivity index (χ0v) is 15.1. The van der Waals surface area contributed by atoms with Gasteiger partial charge < -0.3 is 9.30 Å². The number of fused-ring (bicyclic) bond motifs is 1. The summed E-state index contributed by atoms with van der Waals surface area (Å²) in [7, 11) is -2.19. The van der Waals surface area contributed by atoms with Gasteiger partial charge in [0.1, 0.15) is 10.6 Å². The quantitative estimate of drug-likeness (QED) is 0.720. The van der Waals surface area contributed by atoms with E-state index in [9.17, 15) is 13.2 Å². The standard InChI is InChI=1S/C19H19NO4S/c1-4-24-14-6-8-15(9-7-14)25(22,23)18-12-20(3)17-10-5-13(2)11-16(17)19(18)21/h5-12H,4H2,1-3H3. The van der Waals surface area contributed by atoms with Crippen molar-refractivity contribution in [2.24, 2.45) is 7.05 Å². The molecular weight excluding hydrogens is 338 g/mol. The van der Waals surface area contributed by atoms with E-state index in [0.717, 1.165) is 5.56 Å². The molecule has 130 valence electrons. The van der Waals surface area contributed by atoms with E-state index in [1.807, 2.05) is 26.0 Å². The van der Waals surface area contributed by atoms with Crippen LogP contribution in [-0.4, -0.2) is 19.6 Å². The van der Waals surface area contributed by atoms with Crippen LogP contribution in [0.5, 0.6) is 5.75 Å². The highest BCUT2D eigenvalue weighted by Gasteiger charge is 2.23. The van der Waals surface area contributed by atoms with Crippen molar-refractivity contribution in [3.05, 3.63) is 64.4 Å². The Bertz CT molecular complexity index is 1100. The molecule has 0 unspecified atom stereocenters. The van der Waals surface area contributed by atoms with Crippen molar-refractivity contribution in [2.75, 3.05) is 6.61 Å². The molecule has 6 heteroatoms. The van der Waals surface area contributed by atoms with Gasteiger partial charge in [-0.05, 0) is 50.2 Å². The average molecular weight is 357 g/mol. The molecule has 0 saturated carbocycles. The summed E-state index contributed by atoms with van der Waals surface area (Å²) in [5.41, 5.74) is 1.12. The summed E-state index contributed by atoms with van der Waals surface area (Å²) in [6.07, 6.45) is 1.38. The van der Waals surface area contributed by atoms with Gasteiger partial charge in [-0.25, -0.2) is 8.42 Å². The number of nitrogens with zero attached hydrogens (tertiary/aromatic N) is 1. The third kappa shape index (κ3) is 3.05. The van der Waals surface area contributed by atoms with Crippen LogP contribution < -0.4 is 10.2 Å². The molecule has 0 bridgehead atoms. The number of rotatable bonds is 4. The minimum atomic E-state index is -3.92. The molecule has 0 aliphatic carbocycles. The number of aromatic nitrogens is 1. The molecule has 0 saturated heterocycles. The Balaban J connectivity index is 2.20. The van der Waals surface area contributed by atoms with Crippen LogP contribution in [-0.2, 0) is 16.9 Å². The van der Waals surface area contributed by atoms with Gasteiger partial charge in [0.25, 0.3) is 0 Å². The Morgan fingerprint density at radius 3 is 2.40 bits per heavy atom. The second-order valence-electron chi connectivity index (χ2n) is 5.86. The summed E-state index contributed by atoms with van der Waals surface area (Å²) < 4.78 is 32.9. The third-order valence-corrected chi connectivity index (χ3v) is 5.81. The maximum Gasteiger partial charge on any atom is 0.211 e. The van der Waals surface area contributed by atoms with Crippen LogP contribution in [0.2, 0.25) is 0 Å². The lowest BCUT2D eigenvalue weighted by Gasteiger charge is -2.11. The number of pyridine rings is 1. The topological polar surface area (TPSA) is 65.4 Å². The van der Waals surface area contributed by atoms with Crippen LogP contribution in [0, 0.1) is 6.92 Å². The highest BCUT2D eigenvalue weighted by Crippen LogP contribution is 2.23. The van der Waals surface area contributed by atoms with Gasteiger partial charge in [0.2, 0.25) is 15.3 Å². The van der Waals surface area contributed by atoms with Gasteiger partial charge in [0, 0.05) is 18.6 Å². The molecule has 0 atom stereocenters. The van der Waals surface area contributed by atoms with Crippen LogP contribution in [0.4, 0.5) is 0 Å². The fourth-order valence-electron chi connectivity index (χ4n) is 2.78. The first-order valence-electron chi connectivity index (χ1n) is 7.92. The average Bonchev–Trinajstić information content (AvgIpc) is 2.58. The molecule has 0 aliphatic rings. The van der Waals surface area contributed by atoms with Crippen molar-refractivity contribution in [2.45, 2.75) is 23.6 Å². The Hall–Kier alpha value is -2.60. The highest BCUT2D eigenvalue weighted by atomic mass is 32.2. The predicted octanol–water partition coefficient (Wildman–Crippen LogP) is 3.08. The number of ether oxygens (including phenoxy) is 1. The lowest BCUT2D eigenvalue weighted by molar-refractivity contribution is 0.340. The molecule has 1 heterocycles. The van der Waals surface area contributed by atoms with E-state index < -0.39 is 15.3 Å². The number of aryl methyl sites for hydroxylation is 2. The smallest absolute Gasteiger partial charge is 0.211 e. The van der Waals surface area contributed by atoms with Gasteiger partial charge in [-0.3, -0.25) is 4.79 Å². The van der Waals surface area contributed by atoms with E-state index in [1.54, 1.807) is 29.8 Å². The summed E-state index contributed by atoms with van der Waals surface area (Å²) in [6, 6.07) is 11.5. The maximum atomic E-state index is 13.0. The molecule has 1 aromatic heterocycles. The molecule has 0 amide bonds. The minimum Gasteiger partial charge on any atom is -0.494 e. The SMILES string of the molecule is CCOc1ccc(S(=O)(=O)c2cn(C)c3ccc(C)cc3c2=O)cc1. The van der Waals surface area contributed by atoms with Crippen molar-refractivity contribution in [3.63, 3.8) is 0 Å². The Labute approximate surface area is 146 Å². The van der Waals surface area contributed by atoms with E-state index >= 15 is 0 Å². The van der Waals surface area contributed by atoms with Gasteiger partial charge in [-0.1, -0.05) is 11.6 Å². The molecule has 5 nitrogen and oxygen atoms in total. The summed E-state index contributed by atoms with van der Waals surface area (Å²) in [5, 5.41) is 0.398. The van der Waals surface area contributed by atoms with E-state index in [4.69, 9.17) is 4.74 Å². The fourth-order valence-corrected chi connectivity index (χ4v) is 4.18. The summed E-state index contributed by atoms with van der Waals surface area (Å²) >= 11 is 0. The van der Waals surface area contributed by atoms with Gasteiger partial charge >= 0.3 is 0 Å². The normalized spacial score (nSPS) is 11.6. The highest BCUT2D eigenvalue weighted by molar-refractivity contribution is 7.91. The summed E-state index contributed by atoms with van der Waals surface area (Å²) in [6.45, 7) is 4.22. The molecule has 0 N–H and O–H groups in total. The molecule has 0 spiro atoms. The number of benzene rings is 2. The van der Waals surface area contributed by atoms with Crippen molar-refractivity contribution < 1.29 is 13.2 Å². The van der Waals surface area contributed by atoms with Crippen molar-refractivity contribution in [1.29, 1.82) is 0 Å². The van der Waals surface area contributed by atoms with Crippen LogP contribution in [0.25, 0.3) is 10.9 Å².